The van der Waals surface area contributed by atoms with Crippen molar-refractivity contribution in [3.63, 3.8) is 0 Å². The first-order chi connectivity index (χ1) is 12.7. The van der Waals surface area contributed by atoms with E-state index in [4.69, 9.17) is 0 Å². The van der Waals surface area contributed by atoms with Crippen LogP contribution >= 0.6 is 0 Å². The highest BCUT2D eigenvalue weighted by Crippen LogP contribution is 2.25. The van der Waals surface area contributed by atoms with Crippen molar-refractivity contribution >= 4 is 28.6 Å². The quantitative estimate of drug-likeness (QED) is 0.468. The molecule has 3 N–H and O–H groups in total. The summed E-state index contributed by atoms with van der Waals surface area (Å²) in [5.41, 5.74) is 4.01. The van der Waals surface area contributed by atoms with E-state index in [1.807, 2.05) is 67.6 Å². The average molecular weight is 347 g/mol. The number of nitrogens with one attached hydrogen (secondary N) is 2. The standard InChI is InChI=1S/C21H21N3O2/c1-2-19(23-16-9-4-3-5-10-16)21(26)24-22-14-18-17-11-7-6-8-15(17)12-13-20(18)25/h3-14,19,23,25H,2H2,1H3,(H,24,26)/b22-14-/t19-/m0/s1. The van der Waals surface area contributed by atoms with Gasteiger partial charge in [-0.05, 0) is 35.4 Å². The Morgan fingerprint density at radius 3 is 2.58 bits per heavy atom. The molecule has 0 radical (unpaired) electrons. The van der Waals surface area contributed by atoms with Crippen molar-refractivity contribution < 1.29 is 9.90 Å². The first-order valence-corrected chi connectivity index (χ1v) is 8.54. The number of hydrogen-bond donors (Lipinski definition) is 3. The first kappa shape index (κ1) is 17.5. The predicted octanol–water partition coefficient (Wildman–Crippen LogP) is 3.89. The van der Waals surface area contributed by atoms with E-state index in [0.29, 0.717) is 12.0 Å². The number of hydrogen-bond acceptors (Lipinski definition) is 4. The average Bonchev–Trinajstić information content (AvgIpc) is 2.68. The third-order valence-electron chi connectivity index (χ3n) is 4.16. The number of nitrogens with zero attached hydrogens (tertiary/aromatic N) is 1. The Hall–Kier alpha value is -3.34. The third-order valence-corrected chi connectivity index (χ3v) is 4.16. The summed E-state index contributed by atoms with van der Waals surface area (Å²) in [6.45, 7) is 1.93. The first-order valence-electron chi connectivity index (χ1n) is 8.54. The summed E-state index contributed by atoms with van der Waals surface area (Å²) in [5, 5.41) is 19.2. The van der Waals surface area contributed by atoms with Crippen LogP contribution in [0.1, 0.15) is 18.9 Å². The zero-order valence-corrected chi connectivity index (χ0v) is 14.5. The Kier molecular flexibility index (Phi) is 5.49. The van der Waals surface area contributed by atoms with Gasteiger partial charge in [0.05, 0.1) is 6.21 Å². The molecule has 0 unspecified atom stereocenters. The van der Waals surface area contributed by atoms with E-state index >= 15 is 0 Å². The molecule has 0 aliphatic rings. The Morgan fingerprint density at radius 1 is 1.08 bits per heavy atom. The lowest BCUT2D eigenvalue weighted by Crippen LogP contribution is -2.36. The van der Waals surface area contributed by atoms with Crippen molar-refractivity contribution in [1.29, 1.82) is 0 Å². The van der Waals surface area contributed by atoms with Crippen LogP contribution in [0.25, 0.3) is 10.8 Å². The fourth-order valence-corrected chi connectivity index (χ4v) is 2.75. The van der Waals surface area contributed by atoms with E-state index in [9.17, 15) is 9.90 Å². The summed E-state index contributed by atoms with van der Waals surface area (Å²) in [5.74, 6) is -0.108. The molecule has 0 bridgehead atoms. The highest BCUT2D eigenvalue weighted by molar-refractivity contribution is 6.02. The van der Waals surface area contributed by atoms with Gasteiger partial charge in [-0.25, -0.2) is 5.43 Å². The van der Waals surface area contributed by atoms with E-state index in [1.165, 1.54) is 6.21 Å². The van der Waals surface area contributed by atoms with E-state index in [0.717, 1.165) is 16.5 Å². The molecule has 0 saturated carbocycles. The third kappa shape index (κ3) is 4.00. The molecule has 0 aliphatic heterocycles. The zero-order chi connectivity index (χ0) is 18.4. The van der Waals surface area contributed by atoms with Crippen molar-refractivity contribution in [3.8, 4) is 5.75 Å². The van der Waals surface area contributed by atoms with E-state index in [1.54, 1.807) is 6.07 Å². The molecule has 3 rings (SSSR count). The minimum absolute atomic E-state index is 0.121. The van der Waals surface area contributed by atoms with Gasteiger partial charge in [-0.1, -0.05) is 55.5 Å². The lowest BCUT2D eigenvalue weighted by molar-refractivity contribution is -0.121. The molecule has 0 aromatic heterocycles. The molecule has 0 heterocycles. The van der Waals surface area contributed by atoms with E-state index < -0.39 is 6.04 Å². The number of carbonyl (C=O) groups excluding carboxylic acids is 1. The summed E-state index contributed by atoms with van der Waals surface area (Å²) in [4.78, 5) is 12.4. The van der Waals surface area contributed by atoms with Gasteiger partial charge < -0.3 is 10.4 Å². The van der Waals surface area contributed by atoms with Gasteiger partial charge in [0, 0.05) is 11.3 Å². The van der Waals surface area contributed by atoms with Crippen molar-refractivity contribution in [2.75, 3.05) is 5.32 Å². The number of carbonyl (C=O) groups is 1. The zero-order valence-electron chi connectivity index (χ0n) is 14.5. The molecule has 3 aromatic rings. The number of rotatable bonds is 6. The predicted molar refractivity (Wildman–Crippen MR) is 105 cm³/mol. The van der Waals surface area contributed by atoms with Crippen LogP contribution in [0.5, 0.6) is 5.75 Å². The fourth-order valence-electron chi connectivity index (χ4n) is 2.75. The maximum atomic E-state index is 12.4. The summed E-state index contributed by atoms with van der Waals surface area (Å²) >= 11 is 0. The molecule has 1 amide bonds. The summed E-state index contributed by atoms with van der Waals surface area (Å²) in [6.07, 6.45) is 2.10. The van der Waals surface area contributed by atoms with Gasteiger partial charge in [0.15, 0.2) is 0 Å². The van der Waals surface area contributed by atoms with Gasteiger partial charge in [0.2, 0.25) is 0 Å². The number of phenolic OH excluding ortho intramolecular Hbond substituents is 1. The van der Waals surface area contributed by atoms with Crippen molar-refractivity contribution in [2.45, 2.75) is 19.4 Å². The van der Waals surface area contributed by atoms with Crippen LogP contribution in [0.4, 0.5) is 5.69 Å². The van der Waals surface area contributed by atoms with Gasteiger partial charge in [0.1, 0.15) is 11.8 Å². The number of anilines is 1. The Morgan fingerprint density at radius 2 is 1.81 bits per heavy atom. The topological polar surface area (TPSA) is 73.7 Å². The molecule has 0 aliphatic carbocycles. The van der Waals surface area contributed by atoms with Gasteiger partial charge >= 0.3 is 0 Å². The number of fused-ring (bicyclic) bond motifs is 1. The summed E-state index contributed by atoms with van der Waals surface area (Å²) in [6, 6.07) is 20.3. The molecule has 1 atom stereocenters. The maximum absolute atomic E-state index is 12.4. The van der Waals surface area contributed by atoms with Crippen LogP contribution in [-0.2, 0) is 4.79 Å². The molecule has 5 nitrogen and oxygen atoms in total. The minimum Gasteiger partial charge on any atom is -0.507 e. The van der Waals surface area contributed by atoms with Crippen LogP contribution in [0.15, 0.2) is 71.8 Å². The number of aromatic hydroxyl groups is 1. The summed E-state index contributed by atoms with van der Waals surface area (Å²) < 4.78 is 0. The van der Waals surface area contributed by atoms with E-state index in [-0.39, 0.29) is 11.7 Å². The van der Waals surface area contributed by atoms with Gasteiger partial charge in [-0.15, -0.1) is 0 Å². The summed E-state index contributed by atoms with van der Waals surface area (Å²) in [7, 11) is 0. The number of phenols is 1. The molecule has 5 heteroatoms. The normalized spacial score (nSPS) is 12.2. The molecular weight excluding hydrogens is 326 g/mol. The Labute approximate surface area is 152 Å². The molecule has 0 fully saturated rings. The minimum atomic E-state index is -0.393. The maximum Gasteiger partial charge on any atom is 0.262 e. The van der Waals surface area contributed by atoms with E-state index in [2.05, 4.69) is 15.8 Å². The smallest absolute Gasteiger partial charge is 0.262 e. The molecule has 0 saturated heterocycles. The van der Waals surface area contributed by atoms with Gasteiger partial charge in [-0.2, -0.15) is 5.10 Å². The Bertz CT molecular complexity index is 923. The molecule has 132 valence electrons. The van der Waals surface area contributed by atoms with Crippen LogP contribution < -0.4 is 10.7 Å². The monoisotopic (exact) mass is 347 g/mol. The number of benzene rings is 3. The molecule has 0 spiro atoms. The number of para-hydroxylation sites is 1. The van der Waals surface area contributed by atoms with Crippen LogP contribution in [0.2, 0.25) is 0 Å². The van der Waals surface area contributed by atoms with Crippen LogP contribution in [0.3, 0.4) is 0 Å². The SMILES string of the molecule is CC[C@H](Nc1ccccc1)C(=O)N/N=C\c1c(O)ccc2ccccc12. The molecular formula is C21H21N3O2. The van der Waals surface area contributed by atoms with Gasteiger partial charge in [-0.3, -0.25) is 4.79 Å². The Balaban J connectivity index is 1.71. The second-order valence-electron chi connectivity index (χ2n) is 5.92. The number of amides is 1. The van der Waals surface area contributed by atoms with Crippen molar-refractivity contribution in [1.82, 2.24) is 5.43 Å². The highest BCUT2D eigenvalue weighted by Gasteiger charge is 2.15. The number of hydrazone groups is 1. The second-order valence-corrected chi connectivity index (χ2v) is 5.92. The second kappa shape index (κ2) is 8.16. The molecule has 26 heavy (non-hydrogen) atoms. The van der Waals surface area contributed by atoms with Crippen molar-refractivity contribution in [3.05, 3.63) is 72.3 Å². The largest absolute Gasteiger partial charge is 0.507 e. The lowest BCUT2D eigenvalue weighted by Gasteiger charge is -2.16. The van der Waals surface area contributed by atoms with Crippen molar-refractivity contribution in [2.24, 2.45) is 5.10 Å². The lowest BCUT2D eigenvalue weighted by atomic mass is 10.0. The fraction of sp³-hybridized carbons (Fsp3) is 0.143. The van der Waals surface area contributed by atoms with Gasteiger partial charge in [0.25, 0.3) is 5.91 Å². The van der Waals surface area contributed by atoms with Crippen LogP contribution in [0, 0.1) is 0 Å². The highest BCUT2D eigenvalue weighted by atomic mass is 16.3. The van der Waals surface area contributed by atoms with Crippen LogP contribution in [-0.4, -0.2) is 23.3 Å². The molecule has 3 aromatic carbocycles.